The van der Waals surface area contributed by atoms with Gasteiger partial charge in [-0.2, -0.15) is 0 Å². The molecule has 0 unspecified atom stereocenters. The normalized spacial score (nSPS) is 30.3. The first-order valence-corrected chi connectivity index (χ1v) is 9.38. The zero-order valence-electron chi connectivity index (χ0n) is 11.6. The monoisotopic (exact) mass is 320 g/mol. The Kier molecular flexibility index (Phi) is 3.66. The molecule has 1 aromatic carbocycles. The minimum atomic E-state index is 0.209. The first kappa shape index (κ1) is 13.2. The van der Waals surface area contributed by atoms with Gasteiger partial charge in [-0.25, -0.2) is 0 Å². The molecule has 1 aliphatic carbocycles. The van der Waals surface area contributed by atoms with Gasteiger partial charge in [-0.15, -0.1) is 0 Å². The van der Waals surface area contributed by atoms with Crippen molar-refractivity contribution in [1.29, 1.82) is 0 Å². The summed E-state index contributed by atoms with van der Waals surface area (Å²) in [6.45, 7) is 4.09. The summed E-state index contributed by atoms with van der Waals surface area (Å²) in [6.07, 6.45) is 5.94. The van der Waals surface area contributed by atoms with Gasteiger partial charge in [0.1, 0.15) is 0 Å². The first-order valence-electron chi connectivity index (χ1n) is 6.81. The molecule has 19 heavy (non-hydrogen) atoms. The Morgan fingerprint density at radius 1 is 1.26 bits per heavy atom. The van der Waals surface area contributed by atoms with Crippen molar-refractivity contribution >= 4 is 15.0 Å². The van der Waals surface area contributed by atoms with Crippen LogP contribution in [-0.4, -0.2) is 28.2 Å². The molecule has 0 amide bonds. The summed E-state index contributed by atoms with van der Waals surface area (Å²) in [6, 6.07) is 10.8. The van der Waals surface area contributed by atoms with Gasteiger partial charge >= 0.3 is 121 Å². The molecule has 2 heteroatoms. The molecule has 2 atom stereocenters. The van der Waals surface area contributed by atoms with E-state index in [1.807, 2.05) is 0 Å². The van der Waals surface area contributed by atoms with Crippen molar-refractivity contribution in [3.63, 3.8) is 0 Å². The van der Waals surface area contributed by atoms with Gasteiger partial charge in [-0.3, -0.25) is 0 Å². The molecule has 0 bridgehead atoms. The molecule has 0 saturated heterocycles. The van der Waals surface area contributed by atoms with E-state index < -0.39 is 0 Å². The molecule has 0 spiro atoms. The Morgan fingerprint density at radius 2 is 2.05 bits per heavy atom. The third-order valence-electron chi connectivity index (χ3n) is 4.24. The van der Waals surface area contributed by atoms with E-state index in [1.54, 1.807) is 10.0 Å². The van der Waals surface area contributed by atoms with E-state index in [1.165, 1.54) is 12.0 Å². The molecule has 2 aliphatic rings. The van der Waals surface area contributed by atoms with Crippen molar-refractivity contribution in [3.05, 3.63) is 58.1 Å². The summed E-state index contributed by atoms with van der Waals surface area (Å²) in [5.74, 6) is 2.82. The van der Waals surface area contributed by atoms with Crippen LogP contribution in [0, 0.1) is 5.41 Å². The summed E-state index contributed by atoms with van der Waals surface area (Å²) < 4.78 is 7.40. The van der Waals surface area contributed by atoms with Gasteiger partial charge < -0.3 is 0 Å². The maximum atomic E-state index is 5.85. The van der Waals surface area contributed by atoms with Crippen molar-refractivity contribution in [2.24, 2.45) is 5.41 Å². The molecule has 3 rings (SSSR count). The van der Waals surface area contributed by atoms with Crippen LogP contribution in [0.1, 0.15) is 24.8 Å². The van der Waals surface area contributed by atoms with Crippen molar-refractivity contribution in [1.82, 2.24) is 0 Å². The Balaban J connectivity index is 1.97. The van der Waals surface area contributed by atoms with Crippen LogP contribution in [0.3, 0.4) is 0 Å². The fraction of sp³-hybridized carbons (Fsp3) is 0.412. The van der Waals surface area contributed by atoms with E-state index in [0.717, 1.165) is 13.2 Å². The number of hydrogen-bond acceptors (Lipinski definition) is 1. The van der Waals surface area contributed by atoms with Crippen molar-refractivity contribution < 1.29 is 4.74 Å². The van der Waals surface area contributed by atoms with E-state index in [2.05, 4.69) is 55.2 Å². The van der Waals surface area contributed by atoms with Crippen LogP contribution in [0.4, 0.5) is 0 Å². The van der Waals surface area contributed by atoms with E-state index in [9.17, 15) is 0 Å². The summed E-state index contributed by atoms with van der Waals surface area (Å²) in [4.78, 5) is 0. The van der Waals surface area contributed by atoms with Crippen LogP contribution in [0.2, 0.25) is 5.82 Å². The summed E-state index contributed by atoms with van der Waals surface area (Å²) in [7, 11) is 0. The predicted molar refractivity (Wildman–Crippen MR) is 80.5 cm³/mol. The van der Waals surface area contributed by atoms with E-state index in [-0.39, 0.29) is 5.41 Å². The number of allylic oxidation sites excluding steroid dienone is 2. The van der Waals surface area contributed by atoms with Gasteiger partial charge in [0, 0.05) is 0 Å². The van der Waals surface area contributed by atoms with Crippen LogP contribution in [-0.2, 0) is 4.74 Å². The maximum absolute atomic E-state index is 5.85. The predicted octanol–water partition coefficient (Wildman–Crippen LogP) is 3.77. The van der Waals surface area contributed by atoms with Crippen molar-refractivity contribution in [2.75, 3.05) is 13.2 Å². The molecule has 1 heterocycles. The fourth-order valence-electron chi connectivity index (χ4n) is 3.19. The number of hydrogen-bond donors (Lipinski definition) is 0. The van der Waals surface area contributed by atoms with E-state index in [4.69, 9.17) is 4.74 Å². The van der Waals surface area contributed by atoms with Crippen LogP contribution < -0.4 is 0 Å². The third kappa shape index (κ3) is 2.45. The van der Waals surface area contributed by atoms with E-state index in [0.29, 0.717) is 20.9 Å². The second-order valence-electron chi connectivity index (χ2n) is 5.67. The van der Waals surface area contributed by atoms with Crippen molar-refractivity contribution in [3.8, 4) is 0 Å². The Morgan fingerprint density at radius 3 is 2.79 bits per heavy atom. The van der Waals surface area contributed by atoms with Gasteiger partial charge in [0.25, 0.3) is 0 Å². The summed E-state index contributed by atoms with van der Waals surface area (Å²) in [5, 5.41) is 0. The molecular weight excluding hydrogens is 299 g/mol. The average Bonchev–Trinajstić information content (AvgIpc) is 2.46. The van der Waals surface area contributed by atoms with Crippen LogP contribution in [0.15, 0.2) is 52.5 Å². The Bertz CT molecular complexity index is 517. The number of rotatable bonds is 2. The zero-order chi connectivity index (χ0) is 13.3. The molecule has 1 nitrogen and oxygen atoms in total. The molecule has 0 N–H and O–H groups in total. The van der Waals surface area contributed by atoms with E-state index >= 15 is 0 Å². The molecule has 1 aromatic rings. The second-order valence-corrected chi connectivity index (χ2v) is 7.57. The van der Waals surface area contributed by atoms with Gasteiger partial charge in [0.05, 0.1) is 0 Å². The number of benzene rings is 1. The summed E-state index contributed by atoms with van der Waals surface area (Å²) in [5.41, 5.74) is 3.20. The van der Waals surface area contributed by atoms with Gasteiger partial charge in [-0.1, -0.05) is 0 Å². The molecular formula is C17H20OSe. The minimum absolute atomic E-state index is 0.209. The average molecular weight is 319 g/mol. The summed E-state index contributed by atoms with van der Waals surface area (Å²) >= 11 is 0.556. The first-order chi connectivity index (χ1) is 9.23. The molecule has 100 valence electrons. The van der Waals surface area contributed by atoms with Crippen LogP contribution >= 0.6 is 0 Å². The Labute approximate surface area is 121 Å². The topological polar surface area (TPSA) is 9.23 Å². The van der Waals surface area contributed by atoms with Crippen LogP contribution in [0.5, 0.6) is 0 Å². The zero-order valence-corrected chi connectivity index (χ0v) is 13.3. The molecule has 0 fully saturated rings. The van der Waals surface area contributed by atoms with Gasteiger partial charge in [-0.05, 0) is 0 Å². The standard InChI is InChI=1S/C17H20OSe/c1-17-10-14(13-6-4-3-5-7-13)8-9-15(17)16(19-2)11-18-12-17/h3-9,14H,10-12H2,1-2H3/t14-,17-/m1/s1. The fourth-order valence-corrected chi connectivity index (χ4v) is 4.73. The Hall–Kier alpha value is -0.821. The SMILES string of the molecule is C[Se]C1=C2C=C[C@@H](c3ccccc3)C[C@]2(C)COC1. The number of ether oxygens (including phenoxy) is 1. The van der Waals surface area contributed by atoms with Gasteiger partial charge in [0.15, 0.2) is 0 Å². The van der Waals surface area contributed by atoms with Gasteiger partial charge in [0.2, 0.25) is 0 Å². The second kappa shape index (κ2) is 5.28. The molecule has 0 saturated carbocycles. The quantitative estimate of drug-likeness (QED) is 0.754. The van der Waals surface area contributed by atoms with Crippen LogP contribution in [0.25, 0.3) is 0 Å². The third-order valence-corrected chi connectivity index (χ3v) is 5.99. The number of fused-ring (bicyclic) bond motifs is 1. The van der Waals surface area contributed by atoms with Crippen molar-refractivity contribution in [2.45, 2.75) is 25.1 Å². The molecule has 1 aliphatic heterocycles. The molecule has 0 aromatic heterocycles. The molecule has 0 radical (unpaired) electrons.